The van der Waals surface area contributed by atoms with E-state index in [2.05, 4.69) is 10.1 Å². The normalized spacial score (nSPS) is 17.9. The molecule has 1 atom stereocenters. The Hall–Kier alpha value is -2.06. The van der Waals surface area contributed by atoms with Crippen molar-refractivity contribution >= 4 is 11.9 Å². The minimum Gasteiger partial charge on any atom is -0.569 e. The van der Waals surface area contributed by atoms with Gasteiger partial charge in [0.05, 0.1) is 24.0 Å². The maximum Gasteiger partial charge on any atom is 0.311 e. The number of esters is 1. The fraction of sp³-hybridized carbons (Fsp3) is 0.800. The first-order chi connectivity index (χ1) is 8.81. The van der Waals surface area contributed by atoms with Crippen LogP contribution in [0.1, 0.15) is 20.8 Å². The van der Waals surface area contributed by atoms with Gasteiger partial charge in [0.15, 0.2) is 0 Å². The van der Waals surface area contributed by atoms with E-state index in [1.165, 1.54) is 6.92 Å². The Morgan fingerprint density at radius 1 is 1.42 bits per heavy atom. The molecule has 1 heterocycles. The highest BCUT2D eigenvalue weighted by Gasteiger charge is 2.38. The smallest absolute Gasteiger partial charge is 0.311 e. The van der Waals surface area contributed by atoms with Gasteiger partial charge in [0.1, 0.15) is 5.92 Å². The highest BCUT2D eigenvalue weighted by molar-refractivity contribution is 5.71. The van der Waals surface area contributed by atoms with Crippen LogP contribution >= 0.6 is 0 Å². The molecule has 0 bridgehead atoms. The summed E-state index contributed by atoms with van der Waals surface area (Å²) in [5, 5.41) is 24.3. The third-order valence-electron chi connectivity index (χ3n) is 2.47. The third-order valence-corrected chi connectivity index (χ3v) is 2.47. The number of aliphatic carboxylic acids is 1. The number of hydrogen-bond donors (Lipinski definition) is 1. The maximum absolute atomic E-state index is 11.3. The molecule has 9 heteroatoms. The molecule has 1 rings (SSSR count). The van der Waals surface area contributed by atoms with E-state index in [-0.39, 0.29) is 24.0 Å². The molecule has 1 N–H and O–H groups in total. The molecule has 0 aliphatic carbocycles. The molecule has 0 saturated carbocycles. The van der Waals surface area contributed by atoms with Crippen molar-refractivity contribution in [3.63, 3.8) is 0 Å². The summed E-state index contributed by atoms with van der Waals surface area (Å²) in [6.07, 6.45) is -0.983. The Labute approximate surface area is 109 Å². The molecule has 0 spiro atoms. The molecule has 9 nitrogen and oxygen atoms in total. The van der Waals surface area contributed by atoms with Crippen LogP contribution < -0.4 is 0 Å². The number of ether oxygens (including phenoxy) is 1. The zero-order chi connectivity index (χ0) is 14.6. The number of carboxylic acids is 1. The lowest BCUT2D eigenvalue weighted by Crippen LogP contribution is -2.53. The van der Waals surface area contributed by atoms with Crippen molar-refractivity contribution in [1.82, 2.24) is 5.01 Å². The van der Waals surface area contributed by atoms with Crippen LogP contribution in [-0.2, 0) is 19.2 Å². The molecule has 1 unspecified atom stereocenters. The van der Waals surface area contributed by atoms with Gasteiger partial charge in [-0.25, -0.2) is 0 Å². The predicted molar refractivity (Wildman–Crippen MR) is 60.2 cm³/mol. The van der Waals surface area contributed by atoms with Gasteiger partial charge in [0.2, 0.25) is 5.28 Å². The van der Waals surface area contributed by atoms with Crippen LogP contribution in [0.25, 0.3) is 0 Å². The molecule has 1 fully saturated rings. The van der Waals surface area contributed by atoms with Gasteiger partial charge in [-0.15, -0.1) is 5.01 Å². The van der Waals surface area contributed by atoms with Crippen LogP contribution in [0.4, 0.5) is 0 Å². The lowest BCUT2D eigenvalue weighted by molar-refractivity contribution is -0.727. The summed E-state index contributed by atoms with van der Waals surface area (Å²) < 4.78 is 4.82. The first-order valence-electron chi connectivity index (χ1n) is 5.83. The van der Waals surface area contributed by atoms with Crippen molar-refractivity contribution in [3.8, 4) is 0 Å². The highest BCUT2D eigenvalue weighted by Crippen LogP contribution is 2.15. The molecule has 0 aromatic heterocycles. The molecular weight excluding hydrogens is 258 g/mol. The number of hydrogen-bond acceptors (Lipinski definition) is 6. The van der Waals surface area contributed by atoms with Crippen molar-refractivity contribution in [2.24, 2.45) is 17.1 Å². The number of carbonyl (C=O) groups excluding carboxylic acids is 1. The second kappa shape index (κ2) is 6.21. The summed E-state index contributed by atoms with van der Waals surface area (Å²) in [6, 6.07) is 0. The molecule has 108 valence electrons. The minimum atomic E-state index is -0.983. The summed E-state index contributed by atoms with van der Waals surface area (Å²) in [4.78, 5) is 26.6. The Balaban J connectivity index is 2.32. The van der Waals surface area contributed by atoms with Crippen LogP contribution in [0.5, 0.6) is 0 Å². The van der Waals surface area contributed by atoms with Crippen LogP contribution in [-0.4, -0.2) is 46.4 Å². The number of rotatable bonds is 6. The Morgan fingerprint density at radius 2 is 2.00 bits per heavy atom. The quantitative estimate of drug-likeness (QED) is 0.244. The average Bonchev–Trinajstić information content (AvgIpc) is 2.23. The maximum atomic E-state index is 11.3. The van der Waals surface area contributed by atoms with Crippen molar-refractivity contribution in [2.45, 2.75) is 27.1 Å². The molecule has 1 saturated heterocycles. The van der Waals surface area contributed by atoms with E-state index in [0.29, 0.717) is 0 Å². The minimum absolute atomic E-state index is 0.0753. The Morgan fingerprint density at radius 3 is 2.47 bits per heavy atom. The summed E-state index contributed by atoms with van der Waals surface area (Å²) in [7, 11) is 0. The third kappa shape index (κ3) is 4.27. The van der Waals surface area contributed by atoms with Crippen molar-refractivity contribution in [1.29, 1.82) is 0 Å². The van der Waals surface area contributed by atoms with Gasteiger partial charge in [-0.2, -0.15) is 0 Å². The van der Waals surface area contributed by atoms with Gasteiger partial charge in [-0.1, -0.05) is 13.8 Å². The van der Waals surface area contributed by atoms with Gasteiger partial charge in [0, 0.05) is 6.92 Å². The van der Waals surface area contributed by atoms with Crippen molar-refractivity contribution in [3.05, 3.63) is 5.21 Å². The zero-order valence-electron chi connectivity index (χ0n) is 11.0. The van der Waals surface area contributed by atoms with E-state index >= 15 is 0 Å². The first-order valence-corrected chi connectivity index (χ1v) is 5.83. The highest BCUT2D eigenvalue weighted by atomic mass is 16.8. The van der Waals surface area contributed by atoms with Crippen LogP contribution in [0.3, 0.4) is 0 Å². The molecule has 19 heavy (non-hydrogen) atoms. The second-order valence-corrected chi connectivity index (χ2v) is 4.51. The SMILES string of the molecule is CC(ON=[N+]([O-])N1CC(C(=O)O)C1)OC(=O)C(C)C. The van der Waals surface area contributed by atoms with E-state index < -0.39 is 24.1 Å². The predicted octanol–water partition coefficient (Wildman–Crippen LogP) is 0.357. The van der Waals surface area contributed by atoms with E-state index in [1.807, 2.05) is 0 Å². The number of nitrogens with zero attached hydrogens (tertiary/aromatic N) is 3. The van der Waals surface area contributed by atoms with Gasteiger partial charge < -0.3 is 15.1 Å². The van der Waals surface area contributed by atoms with Crippen molar-refractivity contribution < 1.29 is 29.2 Å². The molecule has 1 aliphatic rings. The van der Waals surface area contributed by atoms with E-state index in [9.17, 15) is 14.8 Å². The van der Waals surface area contributed by atoms with Gasteiger partial charge in [0.25, 0.3) is 6.29 Å². The summed E-state index contributed by atoms with van der Waals surface area (Å²) in [6.45, 7) is 4.90. The second-order valence-electron chi connectivity index (χ2n) is 4.51. The van der Waals surface area contributed by atoms with E-state index in [4.69, 9.17) is 9.84 Å². The van der Waals surface area contributed by atoms with E-state index in [1.54, 1.807) is 13.8 Å². The van der Waals surface area contributed by atoms with Gasteiger partial charge in [-0.3, -0.25) is 14.4 Å². The standard InChI is InChI=1S/C10H17N3O6/c1-6(2)10(16)18-7(3)19-11-13(17)12-4-8(5-12)9(14)15/h6-8H,4-5H2,1-3H3,(H,14,15). The fourth-order valence-corrected chi connectivity index (χ4v) is 1.23. The molecule has 1 aliphatic heterocycles. The van der Waals surface area contributed by atoms with Gasteiger partial charge >= 0.3 is 11.9 Å². The average molecular weight is 275 g/mol. The Bertz CT molecular complexity index is 377. The molecule has 0 radical (unpaired) electrons. The summed E-state index contributed by atoms with van der Waals surface area (Å²) in [5.74, 6) is -2.29. The summed E-state index contributed by atoms with van der Waals surface area (Å²) in [5.41, 5.74) is 0. The number of hydrazine groups is 1. The van der Waals surface area contributed by atoms with Crippen LogP contribution in [0, 0.1) is 17.0 Å². The van der Waals surface area contributed by atoms with Crippen LogP contribution in [0.15, 0.2) is 5.28 Å². The van der Waals surface area contributed by atoms with Crippen molar-refractivity contribution in [2.75, 3.05) is 13.1 Å². The molecular formula is C10H17N3O6. The lowest BCUT2D eigenvalue weighted by atomic mass is 10.0. The largest absolute Gasteiger partial charge is 0.569 e. The van der Waals surface area contributed by atoms with Crippen LogP contribution in [0.2, 0.25) is 0 Å². The Kier molecular flexibility index (Phi) is 4.90. The van der Waals surface area contributed by atoms with Gasteiger partial charge in [-0.05, 0) is 0 Å². The fourth-order valence-electron chi connectivity index (χ4n) is 1.23. The number of carboxylic acid groups (broad SMARTS) is 1. The molecule has 0 aromatic rings. The molecule has 0 amide bonds. The first kappa shape index (κ1) is 15.0. The lowest BCUT2D eigenvalue weighted by Gasteiger charge is -2.31. The monoisotopic (exact) mass is 275 g/mol. The number of carbonyl (C=O) groups is 2. The zero-order valence-corrected chi connectivity index (χ0v) is 11.0. The topological polar surface area (TPSA) is 114 Å². The van der Waals surface area contributed by atoms with E-state index in [0.717, 1.165) is 5.01 Å². The molecule has 0 aromatic carbocycles. The summed E-state index contributed by atoms with van der Waals surface area (Å²) >= 11 is 0.